The number of ether oxygens (including phenoxy) is 1. The predicted molar refractivity (Wildman–Crippen MR) is 167 cm³/mol. The number of hydrogen-bond acceptors (Lipinski definition) is 3. The van der Waals surface area contributed by atoms with Crippen molar-refractivity contribution in [3.63, 3.8) is 0 Å². The fourth-order valence-corrected chi connectivity index (χ4v) is 9.51. The third-order valence-corrected chi connectivity index (χ3v) is 11.7. The Morgan fingerprint density at radius 1 is 0.692 bits per heavy atom. The molecule has 0 saturated heterocycles. The van der Waals surface area contributed by atoms with Crippen molar-refractivity contribution in [2.24, 2.45) is 0 Å². The lowest BCUT2D eigenvalue weighted by Gasteiger charge is -2.33. The summed E-state index contributed by atoms with van der Waals surface area (Å²) >= 11 is 0. The number of phenolic OH excluding ortho intramolecular Hbond substituents is 1. The molecular formula is C35H42O3P+. The summed E-state index contributed by atoms with van der Waals surface area (Å²) in [5, 5.41) is 26.9. The number of rotatable bonds is 8. The summed E-state index contributed by atoms with van der Waals surface area (Å²) in [6, 6.07) is 34.8. The largest absolute Gasteiger partial charge is 0.504 e. The van der Waals surface area contributed by atoms with Gasteiger partial charge in [0.1, 0.15) is 47.8 Å². The van der Waals surface area contributed by atoms with Crippen LogP contribution in [0.15, 0.2) is 103 Å². The lowest BCUT2D eigenvalue weighted by molar-refractivity contribution is 0.125. The average molecular weight is 542 g/mol. The van der Waals surface area contributed by atoms with E-state index in [-0.39, 0.29) is 17.4 Å². The molecule has 0 aromatic heterocycles. The zero-order valence-corrected chi connectivity index (χ0v) is 25.0. The van der Waals surface area contributed by atoms with E-state index in [9.17, 15) is 10.2 Å². The van der Waals surface area contributed by atoms with Gasteiger partial charge in [-0.2, -0.15) is 0 Å². The Balaban J connectivity index is 1.99. The minimum atomic E-state index is -2.54. The molecule has 1 atom stereocenters. The highest BCUT2D eigenvalue weighted by molar-refractivity contribution is 7.95. The van der Waals surface area contributed by atoms with Gasteiger partial charge < -0.3 is 14.9 Å². The van der Waals surface area contributed by atoms with Gasteiger partial charge in [0.15, 0.2) is 5.75 Å². The Morgan fingerprint density at radius 3 is 1.64 bits per heavy atom. The molecule has 0 fully saturated rings. The van der Waals surface area contributed by atoms with Gasteiger partial charge in [0, 0.05) is 5.56 Å². The summed E-state index contributed by atoms with van der Waals surface area (Å²) in [5.74, 6) is 1.06. The highest BCUT2D eigenvalue weighted by Gasteiger charge is 2.50. The van der Waals surface area contributed by atoms with Gasteiger partial charge in [0.25, 0.3) is 0 Å². The van der Waals surface area contributed by atoms with Gasteiger partial charge in [-0.3, -0.25) is 0 Å². The van der Waals surface area contributed by atoms with Crippen LogP contribution in [-0.2, 0) is 10.8 Å². The molecular weight excluding hydrogens is 499 g/mol. The average Bonchev–Trinajstić information content (AvgIpc) is 2.91. The molecule has 3 nitrogen and oxygen atoms in total. The molecule has 4 aromatic carbocycles. The molecule has 0 aliphatic heterocycles. The first-order valence-corrected chi connectivity index (χ1v) is 15.6. The molecule has 0 aliphatic carbocycles. The zero-order valence-electron chi connectivity index (χ0n) is 24.1. The second kappa shape index (κ2) is 11.5. The standard InChI is InChI=1S/C35H41O3P/c1-34(2,3)26-22-31(35(4,5)6)33(37)32(23-26)39(29-18-12-8-13-19-29,30-20-14-9-15-21-30)25-27(36)24-38-28-16-10-7-11-17-28/h7-23,27,36H,24-25H2,1-6H3/p+1. The van der Waals surface area contributed by atoms with Crippen molar-refractivity contribution in [3.05, 3.63) is 114 Å². The molecule has 4 aromatic rings. The Kier molecular flexibility index (Phi) is 8.54. The van der Waals surface area contributed by atoms with Crippen molar-refractivity contribution in [1.82, 2.24) is 0 Å². The minimum absolute atomic E-state index is 0.124. The lowest BCUT2D eigenvalue weighted by Crippen LogP contribution is -2.39. The van der Waals surface area contributed by atoms with Crippen LogP contribution < -0.4 is 20.7 Å². The van der Waals surface area contributed by atoms with E-state index in [0.717, 1.165) is 27.2 Å². The molecule has 0 aliphatic rings. The minimum Gasteiger partial charge on any atom is -0.504 e. The fraction of sp³-hybridized carbons (Fsp3) is 0.314. The smallest absolute Gasteiger partial charge is 0.162 e. The van der Waals surface area contributed by atoms with Crippen LogP contribution in [0.2, 0.25) is 0 Å². The van der Waals surface area contributed by atoms with Gasteiger partial charge in [-0.1, -0.05) is 102 Å². The van der Waals surface area contributed by atoms with Gasteiger partial charge in [-0.05, 0) is 58.9 Å². The first kappa shape index (κ1) is 28.9. The van der Waals surface area contributed by atoms with E-state index in [2.05, 4.69) is 102 Å². The molecule has 4 heteroatoms. The molecule has 0 heterocycles. The van der Waals surface area contributed by atoms with Gasteiger partial charge in [-0.25, -0.2) is 0 Å². The Labute approximate surface area is 234 Å². The molecule has 0 saturated carbocycles. The maximum atomic E-state index is 12.1. The quantitative estimate of drug-likeness (QED) is 0.244. The predicted octanol–water partition coefficient (Wildman–Crippen LogP) is 6.72. The molecule has 0 bridgehead atoms. The van der Waals surface area contributed by atoms with Crippen molar-refractivity contribution < 1.29 is 14.9 Å². The summed E-state index contributed by atoms with van der Waals surface area (Å²) in [7, 11) is -2.54. The third-order valence-electron chi connectivity index (χ3n) is 7.24. The summed E-state index contributed by atoms with van der Waals surface area (Å²) in [6.45, 7) is 13.2. The highest BCUT2D eigenvalue weighted by Crippen LogP contribution is 2.59. The number of benzene rings is 4. The van der Waals surface area contributed by atoms with Crippen LogP contribution in [0, 0.1) is 0 Å². The molecule has 4 rings (SSSR count). The number of phenols is 1. The summed E-state index contributed by atoms with van der Waals surface area (Å²) in [5.41, 5.74) is 1.71. The number of hydrogen-bond donors (Lipinski definition) is 2. The van der Waals surface area contributed by atoms with Crippen molar-refractivity contribution in [1.29, 1.82) is 0 Å². The van der Waals surface area contributed by atoms with Crippen LogP contribution in [0.25, 0.3) is 0 Å². The Hall–Kier alpha value is -3.13. The highest BCUT2D eigenvalue weighted by atomic mass is 31.2. The van der Waals surface area contributed by atoms with E-state index >= 15 is 0 Å². The van der Waals surface area contributed by atoms with Gasteiger partial charge in [-0.15, -0.1) is 0 Å². The molecule has 0 amide bonds. The Morgan fingerprint density at radius 2 is 1.18 bits per heavy atom. The molecule has 204 valence electrons. The van der Waals surface area contributed by atoms with Crippen LogP contribution in [0.5, 0.6) is 11.5 Å². The van der Waals surface area contributed by atoms with Crippen LogP contribution in [-0.4, -0.2) is 29.1 Å². The van der Waals surface area contributed by atoms with Crippen molar-refractivity contribution in [2.45, 2.75) is 58.5 Å². The normalized spacial score (nSPS) is 13.2. The molecule has 2 N–H and O–H groups in total. The second-order valence-electron chi connectivity index (χ2n) is 12.3. The monoisotopic (exact) mass is 541 g/mol. The Bertz CT molecular complexity index is 1310. The first-order valence-electron chi connectivity index (χ1n) is 13.7. The zero-order chi connectivity index (χ0) is 28.3. The van der Waals surface area contributed by atoms with Gasteiger partial charge in [0.2, 0.25) is 0 Å². The maximum absolute atomic E-state index is 12.1. The fourth-order valence-electron chi connectivity index (χ4n) is 5.09. The topological polar surface area (TPSA) is 49.7 Å². The number of aliphatic hydroxyl groups excluding tert-OH is 1. The van der Waals surface area contributed by atoms with E-state index in [1.807, 2.05) is 42.5 Å². The van der Waals surface area contributed by atoms with Gasteiger partial charge >= 0.3 is 0 Å². The maximum Gasteiger partial charge on any atom is 0.162 e. The van der Waals surface area contributed by atoms with Crippen LogP contribution in [0.3, 0.4) is 0 Å². The van der Waals surface area contributed by atoms with Crippen LogP contribution in [0.1, 0.15) is 52.7 Å². The van der Waals surface area contributed by atoms with E-state index in [1.165, 1.54) is 5.56 Å². The first-order chi connectivity index (χ1) is 18.4. The van der Waals surface area contributed by atoms with Gasteiger partial charge in [0.05, 0.1) is 0 Å². The molecule has 0 radical (unpaired) electrons. The number of aliphatic hydroxyl groups is 1. The lowest BCUT2D eigenvalue weighted by atomic mass is 9.80. The molecule has 0 spiro atoms. The van der Waals surface area contributed by atoms with E-state index in [1.54, 1.807) is 0 Å². The number of aromatic hydroxyl groups is 1. The van der Waals surface area contributed by atoms with Crippen molar-refractivity contribution >= 4 is 23.2 Å². The number of para-hydroxylation sites is 1. The third kappa shape index (κ3) is 6.38. The van der Waals surface area contributed by atoms with E-state index in [4.69, 9.17) is 4.74 Å². The summed E-state index contributed by atoms with van der Waals surface area (Å²) in [4.78, 5) is 0. The van der Waals surface area contributed by atoms with Crippen molar-refractivity contribution in [2.75, 3.05) is 12.8 Å². The summed E-state index contributed by atoms with van der Waals surface area (Å²) in [6.07, 6.45) is -0.312. The van der Waals surface area contributed by atoms with E-state index < -0.39 is 13.4 Å². The van der Waals surface area contributed by atoms with E-state index in [0.29, 0.717) is 11.9 Å². The van der Waals surface area contributed by atoms with Crippen molar-refractivity contribution in [3.8, 4) is 11.5 Å². The second-order valence-corrected chi connectivity index (χ2v) is 15.8. The SMILES string of the molecule is CC(C)(C)c1cc(C(C)(C)C)c(O)c([P+](CC(O)COc2ccccc2)(c2ccccc2)c2ccccc2)c1. The summed E-state index contributed by atoms with van der Waals surface area (Å²) < 4.78 is 6.01. The molecule has 39 heavy (non-hydrogen) atoms. The molecule has 1 unspecified atom stereocenters. The van der Waals surface area contributed by atoms with Crippen LogP contribution in [0.4, 0.5) is 0 Å². The van der Waals surface area contributed by atoms with Crippen LogP contribution >= 0.6 is 7.26 Å².